The number of aromatic nitrogens is 2. The van der Waals surface area contributed by atoms with Crippen molar-refractivity contribution >= 4 is 28.2 Å². The molecule has 0 saturated carbocycles. The Morgan fingerprint density at radius 3 is 2.68 bits per heavy atom. The Bertz CT molecular complexity index is 1650. The van der Waals surface area contributed by atoms with E-state index in [4.69, 9.17) is 20.0 Å². The number of likely N-dealkylation sites (tertiary alicyclic amines) is 1. The van der Waals surface area contributed by atoms with Gasteiger partial charge in [0.2, 0.25) is 5.91 Å². The first-order chi connectivity index (χ1) is 21.5. The van der Waals surface area contributed by atoms with Crippen LogP contribution in [-0.4, -0.2) is 84.1 Å². The van der Waals surface area contributed by atoms with E-state index in [1.807, 2.05) is 6.07 Å². The SMILES string of the molecule is Cc1cccc2cccc(N3CCc4c(nc(OCC5CCCN5C)nc4N4CCN(C(=O)/C=C\C#N)C(CC#N)C4)C3)c12. The lowest BCUT2D eigenvalue weighted by Gasteiger charge is -2.42. The van der Waals surface area contributed by atoms with Crippen molar-refractivity contribution in [1.29, 1.82) is 10.5 Å². The molecule has 3 aromatic rings. The minimum Gasteiger partial charge on any atom is -0.462 e. The van der Waals surface area contributed by atoms with E-state index in [1.54, 1.807) is 4.90 Å². The Morgan fingerprint density at radius 2 is 1.91 bits per heavy atom. The third-order valence-electron chi connectivity index (χ3n) is 9.22. The summed E-state index contributed by atoms with van der Waals surface area (Å²) < 4.78 is 6.30. The smallest absolute Gasteiger partial charge is 0.318 e. The molecule has 0 N–H and O–H groups in total. The van der Waals surface area contributed by atoms with Crippen molar-refractivity contribution in [2.45, 2.75) is 51.2 Å². The zero-order valence-electron chi connectivity index (χ0n) is 25.4. The Morgan fingerprint density at radius 1 is 1.07 bits per heavy atom. The highest BCUT2D eigenvalue weighted by molar-refractivity contribution is 5.97. The van der Waals surface area contributed by atoms with Crippen LogP contribution in [-0.2, 0) is 17.8 Å². The highest BCUT2D eigenvalue weighted by Crippen LogP contribution is 2.36. The molecule has 2 aromatic carbocycles. The van der Waals surface area contributed by atoms with Crippen LogP contribution in [0.2, 0.25) is 0 Å². The minimum atomic E-state index is -0.314. The summed E-state index contributed by atoms with van der Waals surface area (Å²) in [5, 5.41) is 21.0. The molecule has 226 valence electrons. The number of likely N-dealkylation sites (N-methyl/N-ethyl adjacent to an activating group) is 1. The van der Waals surface area contributed by atoms with Gasteiger partial charge in [0.15, 0.2) is 0 Å². The van der Waals surface area contributed by atoms with Gasteiger partial charge in [-0.25, -0.2) is 0 Å². The predicted octanol–water partition coefficient (Wildman–Crippen LogP) is 3.98. The van der Waals surface area contributed by atoms with Crippen LogP contribution in [0.25, 0.3) is 10.8 Å². The van der Waals surface area contributed by atoms with Crippen LogP contribution >= 0.6 is 0 Å². The van der Waals surface area contributed by atoms with Crippen molar-refractivity contribution in [1.82, 2.24) is 19.8 Å². The van der Waals surface area contributed by atoms with Crippen LogP contribution in [0.5, 0.6) is 6.01 Å². The maximum absolute atomic E-state index is 12.8. The number of nitrogens with zero attached hydrogens (tertiary/aromatic N) is 8. The zero-order chi connectivity index (χ0) is 30.6. The minimum absolute atomic E-state index is 0.196. The first-order valence-electron chi connectivity index (χ1n) is 15.4. The largest absolute Gasteiger partial charge is 0.462 e. The van der Waals surface area contributed by atoms with Gasteiger partial charge in [-0.3, -0.25) is 4.79 Å². The molecule has 3 aliphatic heterocycles. The van der Waals surface area contributed by atoms with Crippen LogP contribution in [0.4, 0.5) is 11.5 Å². The summed E-state index contributed by atoms with van der Waals surface area (Å²) in [7, 11) is 2.13. The number of amides is 1. The number of aryl methyl sites for hydroxylation is 1. The number of allylic oxidation sites excluding steroid dienone is 1. The number of ether oxygens (including phenoxy) is 1. The van der Waals surface area contributed by atoms with E-state index in [1.165, 1.54) is 34.2 Å². The number of rotatable bonds is 7. The monoisotopic (exact) mass is 590 g/mol. The number of carbonyl (C=O) groups is 1. The van der Waals surface area contributed by atoms with Crippen LogP contribution in [0, 0.1) is 29.6 Å². The molecule has 2 saturated heterocycles. The molecule has 0 spiro atoms. The lowest BCUT2D eigenvalue weighted by atomic mass is 9.99. The summed E-state index contributed by atoms with van der Waals surface area (Å²) in [6, 6.07) is 17.4. The molecule has 0 bridgehead atoms. The Kier molecular flexibility index (Phi) is 8.63. The number of anilines is 2. The Hall–Kier alpha value is -4.67. The number of carbonyl (C=O) groups excluding carboxylic acids is 1. The Labute approximate surface area is 258 Å². The third kappa shape index (κ3) is 5.91. The lowest BCUT2D eigenvalue weighted by molar-refractivity contribution is -0.128. The molecule has 1 amide bonds. The van der Waals surface area contributed by atoms with Crippen molar-refractivity contribution in [3.8, 4) is 18.1 Å². The fraction of sp³-hybridized carbons (Fsp3) is 0.441. The molecule has 2 fully saturated rings. The quantitative estimate of drug-likeness (QED) is 0.298. The summed E-state index contributed by atoms with van der Waals surface area (Å²) in [6.07, 6.45) is 5.68. The first-order valence-corrected chi connectivity index (χ1v) is 15.4. The number of nitriles is 2. The number of fused-ring (bicyclic) bond motifs is 2. The molecule has 2 unspecified atom stereocenters. The molecule has 44 heavy (non-hydrogen) atoms. The summed E-state index contributed by atoms with van der Waals surface area (Å²) in [6.45, 7) is 6.69. The molecule has 1 aromatic heterocycles. The van der Waals surface area contributed by atoms with Gasteiger partial charge < -0.3 is 24.3 Å². The second kappa shape index (κ2) is 12.9. The topological polar surface area (TPSA) is 113 Å². The van der Waals surface area contributed by atoms with Gasteiger partial charge >= 0.3 is 6.01 Å². The van der Waals surface area contributed by atoms with E-state index >= 15 is 0 Å². The predicted molar refractivity (Wildman–Crippen MR) is 169 cm³/mol. The van der Waals surface area contributed by atoms with Gasteiger partial charge in [0.1, 0.15) is 12.4 Å². The van der Waals surface area contributed by atoms with Gasteiger partial charge in [0.05, 0.1) is 36.8 Å². The lowest BCUT2D eigenvalue weighted by Crippen LogP contribution is -2.55. The van der Waals surface area contributed by atoms with Crippen molar-refractivity contribution < 1.29 is 9.53 Å². The normalized spacial score (nSPS) is 20.5. The molecule has 0 aliphatic carbocycles. The number of hydrogen-bond acceptors (Lipinski definition) is 9. The average Bonchev–Trinajstić information content (AvgIpc) is 3.46. The summed E-state index contributed by atoms with van der Waals surface area (Å²) >= 11 is 0. The molecule has 2 atom stereocenters. The molecular weight excluding hydrogens is 552 g/mol. The zero-order valence-corrected chi connectivity index (χ0v) is 25.4. The van der Waals surface area contributed by atoms with Gasteiger partial charge in [0.25, 0.3) is 0 Å². The van der Waals surface area contributed by atoms with Gasteiger partial charge in [0, 0.05) is 61.0 Å². The summed E-state index contributed by atoms with van der Waals surface area (Å²) in [4.78, 5) is 31.4. The number of benzene rings is 2. The highest BCUT2D eigenvalue weighted by Gasteiger charge is 2.34. The maximum atomic E-state index is 12.8. The van der Waals surface area contributed by atoms with Gasteiger partial charge in [-0.15, -0.1) is 0 Å². The fourth-order valence-electron chi connectivity index (χ4n) is 6.87. The van der Waals surface area contributed by atoms with Crippen molar-refractivity contribution in [2.24, 2.45) is 0 Å². The molecule has 10 heteroatoms. The number of piperazine rings is 1. The molecule has 0 radical (unpaired) electrons. The second-order valence-electron chi connectivity index (χ2n) is 11.9. The molecular formula is C34H38N8O2. The van der Waals surface area contributed by atoms with E-state index in [0.717, 1.165) is 49.4 Å². The molecule has 3 aliphatic rings. The highest BCUT2D eigenvalue weighted by atomic mass is 16.5. The van der Waals surface area contributed by atoms with E-state index in [-0.39, 0.29) is 18.4 Å². The van der Waals surface area contributed by atoms with E-state index in [0.29, 0.717) is 44.8 Å². The van der Waals surface area contributed by atoms with Crippen LogP contribution in [0.3, 0.4) is 0 Å². The first kappa shape index (κ1) is 29.4. The Balaban J connectivity index is 1.33. The standard InChI is InChI=1S/C34H38N8O2/c1-24-7-3-8-25-9-4-11-30(32(24)25)40-18-14-28-29(22-40)37-34(44-23-27-10-6-17-39(27)2)38-33(28)41-19-20-42(26(21-41)13-16-36)31(43)12-5-15-35/h3-5,7-9,11-12,26-27H,6,10,13-14,17-23H2,1-2H3/b12-5-. The third-order valence-corrected chi connectivity index (χ3v) is 9.22. The van der Waals surface area contributed by atoms with Crippen LogP contribution in [0.1, 0.15) is 36.1 Å². The average molecular weight is 591 g/mol. The van der Waals surface area contributed by atoms with E-state index < -0.39 is 0 Å². The van der Waals surface area contributed by atoms with Crippen molar-refractivity contribution in [2.75, 3.05) is 56.2 Å². The maximum Gasteiger partial charge on any atom is 0.318 e. The van der Waals surface area contributed by atoms with Crippen molar-refractivity contribution in [3.63, 3.8) is 0 Å². The molecule has 10 nitrogen and oxygen atoms in total. The van der Waals surface area contributed by atoms with Crippen molar-refractivity contribution in [3.05, 3.63) is 65.4 Å². The van der Waals surface area contributed by atoms with Crippen LogP contribution in [0.15, 0.2) is 48.6 Å². The van der Waals surface area contributed by atoms with Gasteiger partial charge in [-0.2, -0.15) is 20.5 Å². The van der Waals surface area contributed by atoms with Gasteiger partial charge in [-0.1, -0.05) is 30.3 Å². The van der Waals surface area contributed by atoms with Crippen LogP contribution < -0.4 is 14.5 Å². The second-order valence-corrected chi connectivity index (χ2v) is 11.9. The molecule has 4 heterocycles. The fourth-order valence-corrected chi connectivity index (χ4v) is 6.87. The van der Waals surface area contributed by atoms with E-state index in [9.17, 15) is 10.1 Å². The molecule has 6 rings (SSSR count). The summed E-state index contributed by atoms with van der Waals surface area (Å²) in [5.41, 5.74) is 4.50. The van der Waals surface area contributed by atoms with Gasteiger partial charge in [-0.05, 0) is 56.8 Å². The summed E-state index contributed by atoms with van der Waals surface area (Å²) in [5.74, 6) is 0.586. The van der Waals surface area contributed by atoms with E-state index in [2.05, 4.69) is 71.1 Å². The number of hydrogen-bond donors (Lipinski definition) is 0.